The van der Waals surface area contributed by atoms with Gasteiger partial charge in [0.1, 0.15) is 0 Å². The first-order valence-electron chi connectivity index (χ1n) is 8.82. The molecule has 8 heteroatoms. The summed E-state index contributed by atoms with van der Waals surface area (Å²) in [6, 6.07) is 11.8. The molecular weight excluding hydrogens is 366 g/mol. The molecule has 0 unspecified atom stereocenters. The van der Waals surface area contributed by atoms with Gasteiger partial charge < -0.3 is 9.64 Å². The molecule has 1 aliphatic rings. The highest BCUT2D eigenvalue weighted by Gasteiger charge is 2.26. The van der Waals surface area contributed by atoms with Crippen LogP contribution in [0.2, 0.25) is 0 Å². The van der Waals surface area contributed by atoms with E-state index in [1.165, 1.54) is 16.4 Å². The van der Waals surface area contributed by atoms with Crippen molar-refractivity contribution < 1.29 is 17.9 Å². The third-order valence-corrected chi connectivity index (χ3v) is 6.40. The Bertz CT molecular complexity index is 864. The van der Waals surface area contributed by atoms with Crippen LogP contribution >= 0.6 is 0 Å². The van der Waals surface area contributed by atoms with E-state index in [9.17, 15) is 13.2 Å². The summed E-state index contributed by atoms with van der Waals surface area (Å²) in [6.07, 6.45) is 2.39. The van der Waals surface area contributed by atoms with E-state index in [1.54, 1.807) is 30.3 Å². The third-order valence-electron chi connectivity index (χ3n) is 4.49. The van der Waals surface area contributed by atoms with Crippen LogP contribution in [-0.2, 0) is 21.2 Å². The second-order valence-electron chi connectivity index (χ2n) is 6.34. The fourth-order valence-electron chi connectivity index (χ4n) is 2.86. The maximum absolute atomic E-state index is 12.6. The number of benzene rings is 1. The summed E-state index contributed by atoms with van der Waals surface area (Å²) >= 11 is 0. The molecule has 0 aliphatic carbocycles. The number of carbonyl (C=O) groups excluding carboxylic acids is 1. The molecule has 2 aromatic rings. The number of hydrogen-bond acceptors (Lipinski definition) is 5. The smallest absolute Gasteiger partial charge is 0.253 e. The summed E-state index contributed by atoms with van der Waals surface area (Å²) < 4.78 is 31.9. The van der Waals surface area contributed by atoms with Crippen LogP contribution in [0.15, 0.2) is 53.6 Å². The SMILES string of the molecule is CN(CCc1ccccn1)C(=O)c1ccc(S(=O)(=O)N2CCOCC2)cc1. The van der Waals surface area contributed by atoms with E-state index in [1.807, 2.05) is 18.2 Å². The molecule has 1 amide bonds. The van der Waals surface area contributed by atoms with Gasteiger partial charge in [0.2, 0.25) is 10.0 Å². The molecule has 1 fully saturated rings. The van der Waals surface area contributed by atoms with Crippen LogP contribution < -0.4 is 0 Å². The topological polar surface area (TPSA) is 79.8 Å². The number of sulfonamides is 1. The van der Waals surface area contributed by atoms with Gasteiger partial charge in [-0.25, -0.2) is 8.42 Å². The van der Waals surface area contributed by atoms with Gasteiger partial charge in [-0.05, 0) is 36.4 Å². The molecule has 1 saturated heterocycles. The van der Waals surface area contributed by atoms with Crippen LogP contribution in [0.25, 0.3) is 0 Å². The van der Waals surface area contributed by atoms with Crippen LogP contribution in [0.4, 0.5) is 0 Å². The lowest BCUT2D eigenvalue weighted by atomic mass is 10.2. The molecule has 0 atom stereocenters. The molecule has 0 spiro atoms. The van der Waals surface area contributed by atoms with Gasteiger partial charge in [-0.15, -0.1) is 0 Å². The number of rotatable bonds is 6. The number of carbonyl (C=O) groups is 1. The van der Waals surface area contributed by atoms with Crippen LogP contribution in [0, 0.1) is 0 Å². The Balaban J connectivity index is 1.64. The van der Waals surface area contributed by atoms with Gasteiger partial charge in [0.15, 0.2) is 0 Å². The molecule has 0 bridgehead atoms. The molecule has 3 rings (SSSR count). The van der Waals surface area contributed by atoms with E-state index in [-0.39, 0.29) is 10.8 Å². The molecular formula is C19H23N3O4S. The van der Waals surface area contributed by atoms with Crippen LogP contribution in [-0.4, -0.2) is 68.4 Å². The second-order valence-corrected chi connectivity index (χ2v) is 8.28. The van der Waals surface area contributed by atoms with Gasteiger partial charge in [-0.1, -0.05) is 6.07 Å². The normalized spacial score (nSPS) is 15.4. The minimum atomic E-state index is -3.55. The van der Waals surface area contributed by atoms with Crippen molar-refractivity contribution in [2.45, 2.75) is 11.3 Å². The van der Waals surface area contributed by atoms with Gasteiger partial charge in [0.25, 0.3) is 5.91 Å². The number of morpholine rings is 1. The largest absolute Gasteiger partial charge is 0.379 e. The highest BCUT2D eigenvalue weighted by molar-refractivity contribution is 7.89. The van der Waals surface area contributed by atoms with Gasteiger partial charge in [-0.3, -0.25) is 9.78 Å². The predicted octanol–water partition coefficient (Wildman–Crippen LogP) is 1.42. The zero-order chi connectivity index (χ0) is 19.3. The van der Waals surface area contributed by atoms with E-state index in [0.29, 0.717) is 44.8 Å². The van der Waals surface area contributed by atoms with Crippen LogP contribution in [0.5, 0.6) is 0 Å². The zero-order valence-corrected chi connectivity index (χ0v) is 16.1. The molecule has 0 saturated carbocycles. The maximum Gasteiger partial charge on any atom is 0.253 e. The Labute approximate surface area is 159 Å². The number of hydrogen-bond donors (Lipinski definition) is 0. The van der Waals surface area contributed by atoms with Crippen molar-refractivity contribution >= 4 is 15.9 Å². The quantitative estimate of drug-likeness (QED) is 0.746. The Morgan fingerprint density at radius 1 is 1.15 bits per heavy atom. The minimum absolute atomic E-state index is 0.152. The summed E-state index contributed by atoms with van der Waals surface area (Å²) in [4.78, 5) is 18.6. The lowest BCUT2D eigenvalue weighted by Gasteiger charge is -2.26. The summed E-state index contributed by atoms with van der Waals surface area (Å²) in [7, 11) is -1.82. The Hall–Kier alpha value is -2.29. The summed E-state index contributed by atoms with van der Waals surface area (Å²) in [5.41, 5.74) is 1.38. The van der Waals surface area contributed by atoms with Crippen molar-refractivity contribution in [3.63, 3.8) is 0 Å². The first-order valence-corrected chi connectivity index (χ1v) is 10.3. The Morgan fingerprint density at radius 3 is 2.48 bits per heavy atom. The number of ether oxygens (including phenoxy) is 1. The number of amides is 1. The molecule has 7 nitrogen and oxygen atoms in total. The monoisotopic (exact) mass is 389 g/mol. The minimum Gasteiger partial charge on any atom is -0.379 e. The highest BCUT2D eigenvalue weighted by Crippen LogP contribution is 2.18. The molecule has 1 aliphatic heterocycles. The first kappa shape index (κ1) is 19.5. The van der Waals surface area contributed by atoms with Gasteiger partial charge in [0, 0.05) is 50.6 Å². The number of likely N-dealkylation sites (N-methyl/N-ethyl adjacent to an activating group) is 1. The number of nitrogens with zero attached hydrogens (tertiary/aromatic N) is 3. The molecule has 1 aromatic heterocycles. The van der Waals surface area contributed by atoms with E-state index >= 15 is 0 Å². The summed E-state index contributed by atoms with van der Waals surface area (Å²) in [6.45, 7) is 2.02. The van der Waals surface area contributed by atoms with Crippen molar-refractivity contribution in [2.75, 3.05) is 39.9 Å². The van der Waals surface area contributed by atoms with E-state index < -0.39 is 10.0 Å². The molecule has 27 heavy (non-hydrogen) atoms. The predicted molar refractivity (Wildman–Crippen MR) is 101 cm³/mol. The highest BCUT2D eigenvalue weighted by atomic mass is 32.2. The summed E-state index contributed by atoms with van der Waals surface area (Å²) in [5, 5.41) is 0. The van der Waals surface area contributed by atoms with Crippen molar-refractivity contribution in [1.29, 1.82) is 0 Å². The number of aromatic nitrogens is 1. The van der Waals surface area contributed by atoms with Crippen molar-refractivity contribution in [3.8, 4) is 0 Å². The molecule has 0 N–H and O–H groups in total. The lowest BCUT2D eigenvalue weighted by molar-refractivity contribution is 0.0730. The third kappa shape index (κ3) is 4.71. The first-order chi connectivity index (χ1) is 13.0. The Morgan fingerprint density at radius 2 is 1.85 bits per heavy atom. The van der Waals surface area contributed by atoms with Crippen molar-refractivity contribution in [3.05, 3.63) is 59.9 Å². The van der Waals surface area contributed by atoms with Gasteiger partial charge in [0.05, 0.1) is 18.1 Å². The lowest BCUT2D eigenvalue weighted by Crippen LogP contribution is -2.40. The average molecular weight is 389 g/mol. The molecule has 1 aromatic carbocycles. The molecule has 144 valence electrons. The standard InChI is InChI=1S/C19H23N3O4S/c1-21(11-9-17-4-2-3-10-20-17)19(23)16-5-7-18(8-6-16)27(24,25)22-12-14-26-15-13-22/h2-8,10H,9,11-15H2,1H3. The van der Waals surface area contributed by atoms with Crippen molar-refractivity contribution in [2.24, 2.45) is 0 Å². The molecule has 2 heterocycles. The van der Waals surface area contributed by atoms with Gasteiger partial charge in [-0.2, -0.15) is 4.31 Å². The summed E-state index contributed by atoms with van der Waals surface area (Å²) in [5.74, 6) is -0.152. The van der Waals surface area contributed by atoms with E-state index in [4.69, 9.17) is 4.74 Å². The number of pyridine rings is 1. The van der Waals surface area contributed by atoms with Crippen LogP contribution in [0.3, 0.4) is 0 Å². The fourth-order valence-corrected chi connectivity index (χ4v) is 4.26. The maximum atomic E-state index is 12.6. The van der Waals surface area contributed by atoms with E-state index in [0.717, 1.165) is 5.69 Å². The van der Waals surface area contributed by atoms with Crippen LogP contribution in [0.1, 0.15) is 16.1 Å². The Kier molecular flexibility index (Phi) is 6.20. The second kappa shape index (κ2) is 8.60. The van der Waals surface area contributed by atoms with Crippen molar-refractivity contribution in [1.82, 2.24) is 14.2 Å². The fraction of sp³-hybridized carbons (Fsp3) is 0.368. The average Bonchev–Trinajstić information content (AvgIpc) is 2.73. The van der Waals surface area contributed by atoms with Gasteiger partial charge >= 0.3 is 0 Å². The van der Waals surface area contributed by atoms with E-state index in [2.05, 4.69) is 4.98 Å². The zero-order valence-electron chi connectivity index (χ0n) is 15.2. The molecule has 0 radical (unpaired) electrons.